The molecule has 0 aliphatic heterocycles. The third-order valence-corrected chi connectivity index (χ3v) is 3.29. The molecule has 2 aromatic carbocycles. The van der Waals surface area contributed by atoms with Crippen LogP contribution in [0.3, 0.4) is 0 Å². The van der Waals surface area contributed by atoms with Crippen molar-refractivity contribution >= 4 is 39.7 Å². The Morgan fingerprint density at radius 2 is 1.80 bits per heavy atom. The van der Waals surface area contributed by atoms with Gasteiger partial charge in [-0.15, -0.1) is 0 Å². The molecule has 2 rings (SSSR count). The molecule has 108 valence electrons. The third kappa shape index (κ3) is 4.36. The number of anilines is 1. The largest absolute Gasteiger partial charge is 0.397 e. The Labute approximate surface area is 122 Å². The van der Waals surface area contributed by atoms with Gasteiger partial charge in [0.15, 0.2) is 0 Å². The van der Waals surface area contributed by atoms with E-state index in [1.165, 1.54) is 4.47 Å². The van der Waals surface area contributed by atoms with Crippen LogP contribution in [0, 0.1) is 0 Å². The summed E-state index contributed by atoms with van der Waals surface area (Å²) in [6.45, 7) is -0.375. The number of rotatable bonds is 6. The van der Waals surface area contributed by atoms with Crippen molar-refractivity contribution in [1.29, 1.82) is 0 Å². The van der Waals surface area contributed by atoms with E-state index in [1.807, 2.05) is 42.5 Å². The van der Waals surface area contributed by atoms with Crippen molar-refractivity contribution in [3.63, 3.8) is 0 Å². The van der Waals surface area contributed by atoms with Gasteiger partial charge in [-0.1, -0.05) is 30.3 Å². The highest BCUT2D eigenvalue weighted by Gasteiger charge is 2.07. The molecule has 0 fully saturated rings. The number of hydrogen-bond acceptors (Lipinski definition) is 6. The summed E-state index contributed by atoms with van der Waals surface area (Å²) in [5, 5.41) is 2.12. The first-order valence-corrected chi connectivity index (χ1v) is 7.45. The summed E-state index contributed by atoms with van der Waals surface area (Å²) in [5.74, 6) is 0. The summed E-state index contributed by atoms with van der Waals surface area (Å²) in [7, 11) is -4.44. The summed E-state index contributed by atoms with van der Waals surface area (Å²) in [6.07, 6.45) is 0. The first-order chi connectivity index (χ1) is 9.46. The lowest BCUT2D eigenvalue weighted by Gasteiger charge is -2.17. The predicted octanol–water partition coefficient (Wildman–Crippen LogP) is 2.24. The van der Waals surface area contributed by atoms with E-state index >= 15 is 0 Å². The molecule has 0 radical (unpaired) electrons. The van der Waals surface area contributed by atoms with Crippen molar-refractivity contribution < 1.29 is 22.0 Å². The minimum atomic E-state index is -4.44. The quantitative estimate of drug-likeness (QED) is 0.368. The van der Waals surface area contributed by atoms with Crippen LogP contribution in [0.2, 0.25) is 0 Å². The lowest BCUT2D eigenvalue weighted by molar-refractivity contribution is 0.113. The Bertz CT molecular complexity index is 689. The molecule has 0 saturated heterocycles. The summed E-state index contributed by atoms with van der Waals surface area (Å²) in [4.78, 5) is 5.17. The predicted molar refractivity (Wildman–Crippen MR) is 78.9 cm³/mol. The van der Waals surface area contributed by atoms with Crippen molar-refractivity contribution in [2.45, 2.75) is 0 Å². The van der Waals surface area contributed by atoms with E-state index < -0.39 is 10.4 Å². The molecule has 0 atom stereocenters. The SMILES string of the molecule is O=S(=O)(O)OCCON(S)c1ccc2ccccc2c1. The Morgan fingerprint density at radius 1 is 1.10 bits per heavy atom. The molecule has 0 aliphatic rings. The minimum Gasteiger partial charge on any atom is -0.264 e. The molecule has 0 aromatic heterocycles. The van der Waals surface area contributed by atoms with Gasteiger partial charge in [0.2, 0.25) is 0 Å². The van der Waals surface area contributed by atoms with Gasteiger partial charge in [-0.2, -0.15) is 12.9 Å². The number of benzene rings is 2. The second kappa shape index (κ2) is 6.42. The molecule has 0 aliphatic carbocycles. The number of fused-ring (bicyclic) bond motifs is 1. The van der Waals surface area contributed by atoms with Crippen LogP contribution in [0.4, 0.5) is 5.69 Å². The van der Waals surface area contributed by atoms with Crippen LogP contribution >= 0.6 is 12.8 Å². The van der Waals surface area contributed by atoms with Gasteiger partial charge >= 0.3 is 10.4 Å². The Balaban J connectivity index is 1.95. The number of hydrogen-bond donors (Lipinski definition) is 2. The number of thiol groups is 1. The summed E-state index contributed by atoms with van der Waals surface area (Å²) >= 11 is 4.13. The fourth-order valence-electron chi connectivity index (χ4n) is 1.63. The molecule has 0 heterocycles. The zero-order chi connectivity index (χ0) is 14.6. The first kappa shape index (κ1) is 15.1. The fraction of sp³-hybridized carbons (Fsp3) is 0.167. The molecule has 2 aromatic rings. The average Bonchev–Trinajstić information content (AvgIpc) is 2.42. The van der Waals surface area contributed by atoms with E-state index in [1.54, 1.807) is 0 Å². The van der Waals surface area contributed by atoms with Gasteiger partial charge in [-0.3, -0.25) is 9.39 Å². The molecule has 8 heteroatoms. The summed E-state index contributed by atoms with van der Waals surface area (Å²) in [5.41, 5.74) is 0.693. The van der Waals surface area contributed by atoms with Gasteiger partial charge in [0.25, 0.3) is 0 Å². The standard InChI is InChI=1S/C12H13NO5S2/c14-20(15,16)18-8-7-17-13(19)12-6-5-10-3-1-2-4-11(10)9-12/h1-6,9,19H,7-8H2,(H,14,15,16). The summed E-state index contributed by atoms with van der Waals surface area (Å²) in [6, 6.07) is 13.4. The van der Waals surface area contributed by atoms with Gasteiger partial charge in [0.1, 0.15) is 6.61 Å². The minimum absolute atomic E-state index is 0.0733. The normalized spacial score (nSPS) is 11.7. The molecular weight excluding hydrogens is 302 g/mol. The van der Waals surface area contributed by atoms with Crippen LogP contribution in [0.15, 0.2) is 42.5 Å². The highest BCUT2D eigenvalue weighted by Crippen LogP contribution is 2.23. The Morgan fingerprint density at radius 3 is 2.50 bits per heavy atom. The van der Waals surface area contributed by atoms with E-state index in [-0.39, 0.29) is 13.2 Å². The average molecular weight is 315 g/mol. The van der Waals surface area contributed by atoms with Crippen LogP contribution < -0.4 is 4.47 Å². The molecule has 0 spiro atoms. The maximum absolute atomic E-state index is 10.3. The van der Waals surface area contributed by atoms with Crippen LogP contribution in [0.25, 0.3) is 10.8 Å². The molecule has 0 saturated carbocycles. The van der Waals surface area contributed by atoms with Crippen molar-refractivity contribution in [3.8, 4) is 0 Å². The lowest BCUT2D eigenvalue weighted by Crippen LogP contribution is -2.17. The topological polar surface area (TPSA) is 76.1 Å². The molecule has 0 unspecified atom stereocenters. The van der Waals surface area contributed by atoms with Gasteiger partial charge in [0.05, 0.1) is 12.3 Å². The second-order valence-electron chi connectivity index (χ2n) is 3.89. The fourth-order valence-corrected chi connectivity index (χ4v) is 2.12. The van der Waals surface area contributed by atoms with Gasteiger partial charge in [-0.05, 0) is 35.7 Å². The van der Waals surface area contributed by atoms with Crippen molar-refractivity contribution in [2.24, 2.45) is 0 Å². The zero-order valence-corrected chi connectivity index (χ0v) is 12.0. The van der Waals surface area contributed by atoms with E-state index in [0.717, 1.165) is 10.8 Å². The van der Waals surface area contributed by atoms with Crippen LogP contribution in [0.1, 0.15) is 0 Å². The van der Waals surface area contributed by atoms with E-state index in [9.17, 15) is 8.42 Å². The molecule has 6 nitrogen and oxygen atoms in total. The van der Waals surface area contributed by atoms with Crippen molar-refractivity contribution in [1.82, 2.24) is 0 Å². The zero-order valence-electron chi connectivity index (χ0n) is 10.3. The maximum Gasteiger partial charge on any atom is 0.397 e. The molecule has 1 N–H and O–H groups in total. The molecule has 0 amide bonds. The van der Waals surface area contributed by atoms with Crippen LogP contribution in [0.5, 0.6) is 0 Å². The van der Waals surface area contributed by atoms with E-state index in [4.69, 9.17) is 9.39 Å². The van der Waals surface area contributed by atoms with E-state index in [2.05, 4.69) is 17.0 Å². The second-order valence-corrected chi connectivity index (χ2v) is 5.34. The first-order valence-electron chi connectivity index (χ1n) is 5.68. The van der Waals surface area contributed by atoms with Gasteiger partial charge in [-0.25, -0.2) is 4.18 Å². The van der Waals surface area contributed by atoms with Crippen LogP contribution in [-0.4, -0.2) is 26.2 Å². The van der Waals surface area contributed by atoms with E-state index in [0.29, 0.717) is 5.69 Å². The highest BCUT2D eigenvalue weighted by atomic mass is 32.3. The van der Waals surface area contributed by atoms with Crippen molar-refractivity contribution in [3.05, 3.63) is 42.5 Å². The third-order valence-electron chi connectivity index (χ3n) is 2.48. The number of nitrogens with zero attached hydrogens (tertiary/aromatic N) is 1. The van der Waals surface area contributed by atoms with Gasteiger partial charge < -0.3 is 0 Å². The molecule has 0 bridgehead atoms. The van der Waals surface area contributed by atoms with Gasteiger partial charge in [0, 0.05) is 0 Å². The monoisotopic (exact) mass is 315 g/mol. The van der Waals surface area contributed by atoms with Crippen LogP contribution in [-0.2, 0) is 19.4 Å². The Kier molecular flexibility index (Phi) is 4.84. The van der Waals surface area contributed by atoms with Crippen molar-refractivity contribution in [2.75, 3.05) is 17.7 Å². The molecular formula is C12H13NO5S2. The summed E-state index contributed by atoms with van der Waals surface area (Å²) < 4.78 is 34.4. The maximum atomic E-state index is 10.3. The molecule has 20 heavy (non-hydrogen) atoms. The highest BCUT2D eigenvalue weighted by molar-refractivity contribution is 7.81. The lowest BCUT2D eigenvalue weighted by atomic mass is 10.1. The Hall–Kier alpha value is -1.32. The smallest absolute Gasteiger partial charge is 0.264 e.